The minimum Gasteiger partial charge on any atom is -0.481 e. The molecule has 2 amide bonds. The van der Waals surface area contributed by atoms with Crippen molar-refractivity contribution in [1.29, 1.82) is 0 Å². The van der Waals surface area contributed by atoms with E-state index in [0.717, 1.165) is 12.8 Å². The molecule has 0 aromatic rings. The maximum Gasteiger partial charge on any atom is 0.317 e. The lowest BCUT2D eigenvalue weighted by molar-refractivity contribution is -0.137. The Morgan fingerprint density at radius 1 is 1.33 bits per heavy atom. The Morgan fingerprint density at radius 2 is 1.89 bits per heavy atom. The Balaban J connectivity index is 2.41. The van der Waals surface area contributed by atoms with Gasteiger partial charge >= 0.3 is 12.0 Å². The van der Waals surface area contributed by atoms with Crippen LogP contribution in [-0.4, -0.2) is 40.6 Å². The van der Waals surface area contributed by atoms with Gasteiger partial charge in [-0.05, 0) is 39.0 Å². The number of aliphatic carboxylic acids is 1. The second kappa shape index (κ2) is 6.61. The standard InChI is InChI=1S/C13H24N2O3/c1-9(7-12(16)17)8-14-13(18)15-10(2)5-4-6-11(15)3/h9-11H,4-8H2,1-3H3,(H,14,18)(H,16,17). The van der Waals surface area contributed by atoms with Gasteiger partial charge in [-0.25, -0.2) is 4.79 Å². The summed E-state index contributed by atoms with van der Waals surface area (Å²) in [7, 11) is 0. The molecule has 0 aromatic carbocycles. The van der Waals surface area contributed by atoms with E-state index in [-0.39, 0.29) is 30.5 Å². The van der Waals surface area contributed by atoms with Crippen molar-refractivity contribution in [3.8, 4) is 0 Å². The fraction of sp³-hybridized carbons (Fsp3) is 0.846. The number of hydrogen-bond acceptors (Lipinski definition) is 2. The highest BCUT2D eigenvalue weighted by Gasteiger charge is 2.28. The van der Waals surface area contributed by atoms with Gasteiger partial charge in [0.15, 0.2) is 0 Å². The molecule has 5 nitrogen and oxygen atoms in total. The predicted molar refractivity (Wildman–Crippen MR) is 69.4 cm³/mol. The molecular formula is C13H24N2O3. The topological polar surface area (TPSA) is 69.6 Å². The van der Waals surface area contributed by atoms with Crippen LogP contribution in [0.5, 0.6) is 0 Å². The Bertz CT molecular complexity index is 297. The minimum atomic E-state index is -0.823. The Kier molecular flexibility index (Phi) is 5.44. The fourth-order valence-electron chi connectivity index (χ4n) is 2.54. The number of carbonyl (C=O) groups is 2. The average Bonchev–Trinajstić information content (AvgIpc) is 2.25. The van der Waals surface area contributed by atoms with E-state index in [1.54, 1.807) is 0 Å². The lowest BCUT2D eigenvalue weighted by Gasteiger charge is -2.39. The fourth-order valence-corrected chi connectivity index (χ4v) is 2.54. The first-order valence-electron chi connectivity index (χ1n) is 6.69. The van der Waals surface area contributed by atoms with Crippen LogP contribution in [0.15, 0.2) is 0 Å². The zero-order valence-electron chi connectivity index (χ0n) is 11.5. The average molecular weight is 256 g/mol. The van der Waals surface area contributed by atoms with Crippen LogP contribution in [-0.2, 0) is 4.79 Å². The molecule has 1 fully saturated rings. The summed E-state index contributed by atoms with van der Waals surface area (Å²) in [5.41, 5.74) is 0. The smallest absolute Gasteiger partial charge is 0.317 e. The van der Waals surface area contributed by atoms with E-state index in [1.807, 2.05) is 11.8 Å². The molecule has 1 rings (SSSR count). The molecule has 2 N–H and O–H groups in total. The van der Waals surface area contributed by atoms with E-state index >= 15 is 0 Å². The van der Waals surface area contributed by atoms with Gasteiger partial charge < -0.3 is 15.3 Å². The van der Waals surface area contributed by atoms with E-state index < -0.39 is 5.97 Å². The van der Waals surface area contributed by atoms with Crippen LogP contribution in [0, 0.1) is 5.92 Å². The molecule has 1 saturated heterocycles. The van der Waals surface area contributed by atoms with Crippen molar-refractivity contribution in [3.05, 3.63) is 0 Å². The van der Waals surface area contributed by atoms with Crippen LogP contribution in [0.25, 0.3) is 0 Å². The Hall–Kier alpha value is -1.26. The molecule has 5 heteroatoms. The monoisotopic (exact) mass is 256 g/mol. The third kappa shape index (κ3) is 4.20. The molecule has 1 heterocycles. The number of likely N-dealkylation sites (tertiary alicyclic amines) is 1. The molecule has 0 saturated carbocycles. The highest BCUT2D eigenvalue weighted by Crippen LogP contribution is 2.22. The third-order valence-electron chi connectivity index (χ3n) is 3.55. The van der Waals surface area contributed by atoms with E-state index in [4.69, 9.17) is 5.11 Å². The highest BCUT2D eigenvalue weighted by atomic mass is 16.4. The van der Waals surface area contributed by atoms with Crippen molar-refractivity contribution in [3.63, 3.8) is 0 Å². The Labute approximate surface area is 109 Å². The van der Waals surface area contributed by atoms with E-state index in [9.17, 15) is 9.59 Å². The number of nitrogens with zero attached hydrogens (tertiary/aromatic N) is 1. The van der Waals surface area contributed by atoms with Crippen LogP contribution in [0.1, 0.15) is 46.5 Å². The molecule has 0 bridgehead atoms. The lowest BCUT2D eigenvalue weighted by atomic mass is 9.98. The summed E-state index contributed by atoms with van der Waals surface area (Å²) in [6.07, 6.45) is 3.35. The summed E-state index contributed by atoms with van der Waals surface area (Å²) < 4.78 is 0. The van der Waals surface area contributed by atoms with E-state index in [2.05, 4.69) is 19.2 Å². The van der Waals surface area contributed by atoms with Gasteiger partial charge in [0.25, 0.3) is 0 Å². The summed E-state index contributed by atoms with van der Waals surface area (Å²) >= 11 is 0. The number of hydrogen-bond donors (Lipinski definition) is 2. The zero-order chi connectivity index (χ0) is 13.7. The second-order valence-corrected chi connectivity index (χ2v) is 5.43. The van der Waals surface area contributed by atoms with Crippen molar-refractivity contribution in [2.24, 2.45) is 5.92 Å². The third-order valence-corrected chi connectivity index (χ3v) is 3.55. The summed E-state index contributed by atoms with van der Waals surface area (Å²) in [5, 5.41) is 11.5. The van der Waals surface area contributed by atoms with Crippen molar-refractivity contribution in [1.82, 2.24) is 10.2 Å². The maximum atomic E-state index is 12.1. The Morgan fingerprint density at radius 3 is 2.39 bits per heavy atom. The number of amides is 2. The van der Waals surface area contributed by atoms with Gasteiger partial charge in [-0.2, -0.15) is 0 Å². The highest BCUT2D eigenvalue weighted by molar-refractivity contribution is 5.75. The molecular weight excluding hydrogens is 232 g/mol. The van der Waals surface area contributed by atoms with Crippen LogP contribution >= 0.6 is 0 Å². The van der Waals surface area contributed by atoms with Gasteiger partial charge in [0, 0.05) is 25.0 Å². The van der Waals surface area contributed by atoms with E-state index in [0.29, 0.717) is 6.54 Å². The normalized spacial score (nSPS) is 25.6. The largest absolute Gasteiger partial charge is 0.481 e. The molecule has 3 atom stereocenters. The van der Waals surface area contributed by atoms with Crippen LogP contribution < -0.4 is 5.32 Å². The van der Waals surface area contributed by atoms with E-state index in [1.165, 1.54) is 6.42 Å². The molecule has 0 radical (unpaired) electrons. The van der Waals surface area contributed by atoms with Crippen LogP contribution in [0.4, 0.5) is 4.79 Å². The number of rotatable bonds is 4. The molecule has 0 aliphatic carbocycles. The number of nitrogens with one attached hydrogen (secondary N) is 1. The quantitative estimate of drug-likeness (QED) is 0.809. The first-order chi connectivity index (χ1) is 8.41. The van der Waals surface area contributed by atoms with Gasteiger partial charge in [-0.3, -0.25) is 4.79 Å². The van der Waals surface area contributed by atoms with Crippen molar-refractivity contribution in [2.45, 2.75) is 58.5 Å². The molecule has 3 unspecified atom stereocenters. The van der Waals surface area contributed by atoms with Crippen molar-refractivity contribution < 1.29 is 14.7 Å². The summed E-state index contributed by atoms with van der Waals surface area (Å²) in [6.45, 7) is 6.38. The number of urea groups is 1. The van der Waals surface area contributed by atoms with Crippen LogP contribution in [0.2, 0.25) is 0 Å². The number of carboxylic acids is 1. The molecule has 1 aliphatic rings. The second-order valence-electron chi connectivity index (χ2n) is 5.43. The molecule has 0 aromatic heterocycles. The molecule has 0 spiro atoms. The zero-order valence-corrected chi connectivity index (χ0v) is 11.5. The van der Waals surface area contributed by atoms with Gasteiger partial charge in [0.1, 0.15) is 0 Å². The summed E-state index contributed by atoms with van der Waals surface area (Å²) in [6, 6.07) is 0.471. The number of piperidine rings is 1. The van der Waals surface area contributed by atoms with Crippen LogP contribution in [0.3, 0.4) is 0 Å². The first-order valence-corrected chi connectivity index (χ1v) is 6.69. The number of carbonyl (C=O) groups excluding carboxylic acids is 1. The number of carboxylic acid groups (broad SMARTS) is 1. The predicted octanol–water partition coefficient (Wildman–Crippen LogP) is 2.07. The SMILES string of the molecule is CC(CNC(=O)N1C(C)CCCC1C)CC(=O)O. The van der Waals surface area contributed by atoms with Gasteiger partial charge in [-0.15, -0.1) is 0 Å². The van der Waals surface area contributed by atoms with Gasteiger partial charge in [-0.1, -0.05) is 6.92 Å². The summed E-state index contributed by atoms with van der Waals surface area (Å²) in [5.74, 6) is -0.863. The first kappa shape index (κ1) is 14.8. The maximum absolute atomic E-state index is 12.1. The molecule has 1 aliphatic heterocycles. The van der Waals surface area contributed by atoms with Gasteiger partial charge in [0.2, 0.25) is 0 Å². The van der Waals surface area contributed by atoms with Crippen molar-refractivity contribution >= 4 is 12.0 Å². The molecule has 104 valence electrons. The summed E-state index contributed by atoms with van der Waals surface area (Å²) in [4.78, 5) is 24.5. The minimum absolute atomic E-state index is 0.0400. The van der Waals surface area contributed by atoms with Crippen molar-refractivity contribution in [2.75, 3.05) is 6.54 Å². The van der Waals surface area contributed by atoms with Gasteiger partial charge in [0.05, 0.1) is 0 Å². The lowest BCUT2D eigenvalue weighted by Crippen LogP contribution is -2.52. The molecule has 18 heavy (non-hydrogen) atoms.